The lowest BCUT2D eigenvalue weighted by Crippen LogP contribution is -1.98. The number of aromatic nitrogens is 3. The summed E-state index contributed by atoms with van der Waals surface area (Å²) in [7, 11) is 0. The van der Waals surface area contributed by atoms with Crippen molar-refractivity contribution >= 4 is 22.2 Å². The molecule has 0 saturated carbocycles. The van der Waals surface area contributed by atoms with E-state index in [2.05, 4.69) is 82.6 Å². The Bertz CT molecular complexity index is 1210. The Morgan fingerprint density at radius 1 is 0.833 bits per heavy atom. The average molecular weight is 311 g/mol. The highest BCUT2D eigenvalue weighted by atomic mass is 15.1. The molecule has 3 nitrogen and oxygen atoms in total. The summed E-state index contributed by atoms with van der Waals surface area (Å²) < 4.78 is 4.50. The Kier molecular flexibility index (Phi) is 2.63. The summed E-state index contributed by atoms with van der Waals surface area (Å²) >= 11 is 0. The molecule has 0 fully saturated rings. The highest BCUT2D eigenvalue weighted by molar-refractivity contribution is 5.96. The highest BCUT2D eigenvalue weighted by Crippen LogP contribution is 2.29. The van der Waals surface area contributed by atoms with E-state index in [-0.39, 0.29) is 0 Å². The SMILES string of the molecule is Cc1cn2c(n1)c1ccc(-c3ccccc3)cc1n1c(C)ccc21. The van der Waals surface area contributed by atoms with Crippen LogP contribution in [0.4, 0.5) is 0 Å². The third-order valence-corrected chi connectivity index (χ3v) is 4.72. The molecule has 24 heavy (non-hydrogen) atoms. The first-order valence-corrected chi connectivity index (χ1v) is 8.17. The van der Waals surface area contributed by atoms with E-state index < -0.39 is 0 Å². The highest BCUT2D eigenvalue weighted by Gasteiger charge is 2.12. The zero-order chi connectivity index (χ0) is 16.3. The molecule has 5 rings (SSSR count). The smallest absolute Gasteiger partial charge is 0.148 e. The van der Waals surface area contributed by atoms with Gasteiger partial charge in [-0.3, -0.25) is 8.80 Å². The van der Waals surface area contributed by atoms with Gasteiger partial charge in [0.2, 0.25) is 0 Å². The van der Waals surface area contributed by atoms with Crippen LogP contribution in [-0.4, -0.2) is 13.8 Å². The zero-order valence-electron chi connectivity index (χ0n) is 13.7. The van der Waals surface area contributed by atoms with E-state index in [1.54, 1.807) is 0 Å². The Balaban J connectivity index is 1.97. The van der Waals surface area contributed by atoms with E-state index in [1.165, 1.54) is 27.7 Å². The molecule has 0 bridgehead atoms. The van der Waals surface area contributed by atoms with E-state index >= 15 is 0 Å². The zero-order valence-corrected chi connectivity index (χ0v) is 13.7. The number of imidazole rings is 1. The van der Waals surface area contributed by atoms with Crippen molar-refractivity contribution in [2.24, 2.45) is 0 Å². The number of rotatable bonds is 1. The number of hydrogen-bond donors (Lipinski definition) is 0. The van der Waals surface area contributed by atoms with Crippen molar-refractivity contribution in [1.82, 2.24) is 13.8 Å². The van der Waals surface area contributed by atoms with Crippen LogP contribution in [0.5, 0.6) is 0 Å². The van der Waals surface area contributed by atoms with Crippen LogP contribution >= 0.6 is 0 Å². The van der Waals surface area contributed by atoms with Gasteiger partial charge in [-0.05, 0) is 49.2 Å². The average Bonchev–Trinajstić information content (AvgIpc) is 3.18. The summed E-state index contributed by atoms with van der Waals surface area (Å²) in [5.74, 6) is 0. The summed E-state index contributed by atoms with van der Waals surface area (Å²) in [4.78, 5) is 4.75. The van der Waals surface area contributed by atoms with E-state index in [4.69, 9.17) is 4.98 Å². The topological polar surface area (TPSA) is 21.7 Å². The molecule has 0 aliphatic rings. The monoisotopic (exact) mass is 311 g/mol. The van der Waals surface area contributed by atoms with Gasteiger partial charge in [0.1, 0.15) is 11.3 Å². The Morgan fingerprint density at radius 3 is 2.50 bits per heavy atom. The fraction of sp³-hybridized carbons (Fsp3) is 0.0952. The lowest BCUT2D eigenvalue weighted by Gasteiger charge is -2.10. The van der Waals surface area contributed by atoms with Crippen LogP contribution in [-0.2, 0) is 0 Å². The molecular weight excluding hydrogens is 294 g/mol. The summed E-state index contributed by atoms with van der Waals surface area (Å²) in [6.07, 6.45) is 2.11. The van der Waals surface area contributed by atoms with Crippen LogP contribution < -0.4 is 0 Å². The minimum atomic E-state index is 1.02. The molecule has 5 aromatic rings. The second kappa shape index (κ2) is 4.71. The number of fused-ring (bicyclic) bond motifs is 6. The molecule has 3 heteroatoms. The van der Waals surface area contributed by atoms with Crippen LogP contribution in [0.15, 0.2) is 66.9 Å². The van der Waals surface area contributed by atoms with Crippen molar-refractivity contribution in [2.75, 3.05) is 0 Å². The van der Waals surface area contributed by atoms with Gasteiger partial charge >= 0.3 is 0 Å². The second-order valence-electron chi connectivity index (χ2n) is 6.34. The standard InChI is InChI=1S/C21H17N3/c1-14-13-23-20-11-8-15(2)24(20)19-12-17(16-6-4-3-5-7-16)9-10-18(19)21(23)22-14/h3-13H,1-2H3. The van der Waals surface area contributed by atoms with E-state index in [9.17, 15) is 0 Å². The minimum absolute atomic E-state index is 1.02. The lowest BCUT2D eigenvalue weighted by molar-refractivity contribution is 1.09. The van der Waals surface area contributed by atoms with Crippen LogP contribution in [0.2, 0.25) is 0 Å². The number of nitrogens with zero attached hydrogens (tertiary/aromatic N) is 3. The molecule has 0 spiro atoms. The maximum atomic E-state index is 4.75. The third-order valence-electron chi connectivity index (χ3n) is 4.72. The normalized spacial score (nSPS) is 11.8. The molecule has 3 heterocycles. The summed E-state index contributed by atoms with van der Waals surface area (Å²) in [6, 6.07) is 21.5. The molecule has 0 atom stereocenters. The second-order valence-corrected chi connectivity index (χ2v) is 6.34. The first kappa shape index (κ1) is 13.4. The van der Waals surface area contributed by atoms with Crippen molar-refractivity contribution in [1.29, 1.82) is 0 Å². The van der Waals surface area contributed by atoms with Crippen LogP contribution in [0.3, 0.4) is 0 Å². The molecule has 0 amide bonds. The van der Waals surface area contributed by atoms with Gasteiger partial charge in [-0.1, -0.05) is 36.4 Å². The van der Waals surface area contributed by atoms with E-state index in [0.29, 0.717) is 0 Å². The van der Waals surface area contributed by atoms with Gasteiger partial charge < -0.3 is 0 Å². The van der Waals surface area contributed by atoms with Gasteiger partial charge in [0.25, 0.3) is 0 Å². The fourth-order valence-corrected chi connectivity index (χ4v) is 3.60. The molecule has 0 aliphatic carbocycles. The molecule has 0 saturated heterocycles. The van der Waals surface area contributed by atoms with Crippen molar-refractivity contribution in [3.63, 3.8) is 0 Å². The molecule has 0 unspecified atom stereocenters. The molecular formula is C21H17N3. The van der Waals surface area contributed by atoms with Gasteiger partial charge in [0, 0.05) is 17.3 Å². The Morgan fingerprint density at radius 2 is 1.67 bits per heavy atom. The summed E-state index contributed by atoms with van der Waals surface area (Å²) in [5.41, 5.74) is 8.10. The maximum absolute atomic E-state index is 4.75. The summed E-state index contributed by atoms with van der Waals surface area (Å²) in [6.45, 7) is 4.20. The maximum Gasteiger partial charge on any atom is 0.148 e. The molecule has 116 valence electrons. The minimum Gasteiger partial charge on any atom is -0.299 e. The van der Waals surface area contributed by atoms with E-state index in [1.807, 2.05) is 6.92 Å². The molecule has 0 radical (unpaired) electrons. The Hall–Kier alpha value is -3.07. The van der Waals surface area contributed by atoms with Gasteiger partial charge in [0.15, 0.2) is 0 Å². The van der Waals surface area contributed by atoms with Crippen LogP contribution in [0, 0.1) is 13.8 Å². The lowest BCUT2D eigenvalue weighted by atomic mass is 10.0. The van der Waals surface area contributed by atoms with Crippen molar-refractivity contribution in [2.45, 2.75) is 13.8 Å². The van der Waals surface area contributed by atoms with Gasteiger partial charge in [-0.25, -0.2) is 4.98 Å². The molecule has 3 aromatic heterocycles. The van der Waals surface area contributed by atoms with Gasteiger partial charge in [-0.2, -0.15) is 0 Å². The van der Waals surface area contributed by atoms with Gasteiger partial charge in [-0.15, -0.1) is 0 Å². The quantitative estimate of drug-likeness (QED) is 0.426. The first-order chi connectivity index (χ1) is 11.7. The number of benzene rings is 2. The molecule has 0 aliphatic heterocycles. The van der Waals surface area contributed by atoms with Crippen molar-refractivity contribution in [3.05, 3.63) is 78.2 Å². The van der Waals surface area contributed by atoms with Gasteiger partial charge in [0.05, 0.1) is 11.2 Å². The molecule has 2 aromatic carbocycles. The largest absolute Gasteiger partial charge is 0.299 e. The molecule has 0 N–H and O–H groups in total. The summed E-state index contributed by atoms with van der Waals surface area (Å²) in [5, 5.41) is 1.18. The first-order valence-electron chi connectivity index (χ1n) is 8.17. The van der Waals surface area contributed by atoms with E-state index in [0.717, 1.165) is 17.0 Å². The third kappa shape index (κ3) is 1.75. The van der Waals surface area contributed by atoms with Crippen LogP contribution in [0.1, 0.15) is 11.4 Å². The predicted octanol–water partition coefficient (Wildman–Crippen LogP) is 5.02. The fourth-order valence-electron chi connectivity index (χ4n) is 3.60. The Labute approximate surface area is 139 Å². The van der Waals surface area contributed by atoms with Crippen LogP contribution in [0.25, 0.3) is 33.3 Å². The van der Waals surface area contributed by atoms with Crippen molar-refractivity contribution in [3.8, 4) is 11.1 Å². The number of aryl methyl sites for hydroxylation is 2. The number of hydrogen-bond acceptors (Lipinski definition) is 1. The predicted molar refractivity (Wildman–Crippen MR) is 98.6 cm³/mol. The van der Waals surface area contributed by atoms with Crippen molar-refractivity contribution < 1.29 is 0 Å².